The van der Waals surface area contributed by atoms with E-state index in [9.17, 15) is 14.9 Å². The van der Waals surface area contributed by atoms with E-state index in [0.717, 1.165) is 14.3 Å². The van der Waals surface area contributed by atoms with Crippen molar-refractivity contribution in [2.45, 2.75) is 16.2 Å². The van der Waals surface area contributed by atoms with Crippen molar-refractivity contribution in [3.05, 3.63) is 62.6 Å². The zero-order valence-corrected chi connectivity index (χ0v) is 13.1. The molecule has 2 aromatic rings. The molecule has 0 aliphatic carbocycles. The van der Waals surface area contributed by atoms with Crippen LogP contribution < -0.4 is 0 Å². The molecular formula is C14H10BrNO4S. The quantitative estimate of drug-likeness (QED) is 0.634. The molecule has 0 aliphatic heterocycles. The van der Waals surface area contributed by atoms with Crippen LogP contribution in [-0.2, 0) is 11.2 Å². The number of nitro groups is 1. The third kappa shape index (κ3) is 4.30. The first-order valence-electron chi connectivity index (χ1n) is 5.88. The highest BCUT2D eigenvalue weighted by molar-refractivity contribution is 9.10. The van der Waals surface area contributed by atoms with Crippen molar-refractivity contribution >= 4 is 39.3 Å². The monoisotopic (exact) mass is 367 g/mol. The Morgan fingerprint density at radius 3 is 2.33 bits per heavy atom. The summed E-state index contributed by atoms with van der Waals surface area (Å²) in [5.41, 5.74) is 0.757. The van der Waals surface area contributed by atoms with Gasteiger partial charge in [-0.15, -0.1) is 0 Å². The molecule has 0 radical (unpaired) electrons. The van der Waals surface area contributed by atoms with E-state index in [1.165, 1.54) is 23.9 Å². The molecule has 0 fully saturated rings. The molecule has 0 bridgehead atoms. The summed E-state index contributed by atoms with van der Waals surface area (Å²) < 4.78 is 0.733. The van der Waals surface area contributed by atoms with Crippen molar-refractivity contribution in [3.63, 3.8) is 0 Å². The number of non-ortho nitro benzene ring substituents is 1. The maximum absolute atomic E-state index is 10.7. The topological polar surface area (TPSA) is 80.4 Å². The van der Waals surface area contributed by atoms with E-state index >= 15 is 0 Å². The number of carboxylic acid groups (broad SMARTS) is 1. The molecule has 7 heteroatoms. The van der Waals surface area contributed by atoms with Crippen LogP contribution in [-0.4, -0.2) is 16.0 Å². The van der Waals surface area contributed by atoms with Crippen molar-refractivity contribution in [2.75, 3.05) is 0 Å². The molecule has 5 nitrogen and oxygen atoms in total. The number of hydrogen-bond acceptors (Lipinski definition) is 4. The maximum Gasteiger partial charge on any atom is 0.307 e. The fourth-order valence-electron chi connectivity index (χ4n) is 1.67. The summed E-state index contributed by atoms with van der Waals surface area (Å²) in [5, 5.41) is 19.4. The first kappa shape index (κ1) is 15.5. The SMILES string of the molecule is O=C(O)Cc1ccc(Sc2ccc([N+](=O)[O-])cc2)cc1Br. The van der Waals surface area contributed by atoms with Crippen molar-refractivity contribution in [3.8, 4) is 0 Å². The average molecular weight is 368 g/mol. The standard InChI is InChI=1S/C14H10BrNO4S/c15-13-8-12(4-1-9(13)7-14(17)18)21-11-5-2-10(3-6-11)16(19)20/h1-6,8H,7H2,(H,17,18). The van der Waals surface area contributed by atoms with Gasteiger partial charge in [-0.2, -0.15) is 0 Å². The third-order valence-electron chi connectivity index (χ3n) is 2.65. The number of nitro benzene ring substituents is 1. The lowest BCUT2D eigenvalue weighted by molar-refractivity contribution is -0.384. The lowest BCUT2D eigenvalue weighted by atomic mass is 10.1. The van der Waals surface area contributed by atoms with Crippen LogP contribution in [0.25, 0.3) is 0 Å². The molecule has 21 heavy (non-hydrogen) atoms. The van der Waals surface area contributed by atoms with E-state index in [4.69, 9.17) is 5.11 Å². The van der Waals surface area contributed by atoms with Gasteiger partial charge in [-0.1, -0.05) is 33.8 Å². The van der Waals surface area contributed by atoms with Crippen LogP contribution in [0, 0.1) is 10.1 Å². The number of carbonyl (C=O) groups is 1. The Kier molecular flexibility index (Phi) is 4.98. The molecule has 0 atom stereocenters. The largest absolute Gasteiger partial charge is 0.481 e. The molecule has 2 aromatic carbocycles. The Balaban J connectivity index is 2.14. The van der Waals surface area contributed by atoms with Gasteiger partial charge in [0.25, 0.3) is 5.69 Å². The molecular weight excluding hydrogens is 358 g/mol. The minimum Gasteiger partial charge on any atom is -0.481 e. The van der Waals surface area contributed by atoms with E-state index in [-0.39, 0.29) is 12.1 Å². The Labute approximate surface area is 133 Å². The van der Waals surface area contributed by atoms with Crippen molar-refractivity contribution < 1.29 is 14.8 Å². The second kappa shape index (κ2) is 6.73. The van der Waals surface area contributed by atoms with E-state index in [0.29, 0.717) is 5.56 Å². The lowest BCUT2D eigenvalue weighted by Gasteiger charge is -2.06. The van der Waals surface area contributed by atoms with Gasteiger partial charge in [0.05, 0.1) is 11.3 Å². The fourth-order valence-corrected chi connectivity index (χ4v) is 3.20. The van der Waals surface area contributed by atoms with E-state index in [2.05, 4.69) is 15.9 Å². The van der Waals surface area contributed by atoms with Crippen LogP contribution in [0.3, 0.4) is 0 Å². The van der Waals surface area contributed by atoms with Crippen molar-refractivity contribution in [2.24, 2.45) is 0 Å². The summed E-state index contributed by atoms with van der Waals surface area (Å²) >= 11 is 4.80. The second-order valence-corrected chi connectivity index (χ2v) is 6.18. The molecule has 0 amide bonds. The summed E-state index contributed by atoms with van der Waals surface area (Å²) in [4.78, 5) is 22.6. The Morgan fingerprint density at radius 1 is 1.19 bits per heavy atom. The second-order valence-electron chi connectivity index (χ2n) is 4.18. The van der Waals surface area contributed by atoms with Gasteiger partial charge in [-0.05, 0) is 29.8 Å². The van der Waals surface area contributed by atoms with Gasteiger partial charge in [0, 0.05) is 26.4 Å². The predicted octanol–water partition coefficient (Wildman–Crippen LogP) is 4.14. The zero-order chi connectivity index (χ0) is 15.4. The van der Waals surface area contributed by atoms with E-state index < -0.39 is 10.9 Å². The molecule has 2 rings (SSSR count). The summed E-state index contributed by atoms with van der Waals surface area (Å²) in [6, 6.07) is 11.7. The molecule has 108 valence electrons. The summed E-state index contributed by atoms with van der Waals surface area (Å²) in [5.74, 6) is -0.883. The highest BCUT2D eigenvalue weighted by Gasteiger charge is 2.08. The number of nitrogens with zero attached hydrogens (tertiary/aromatic N) is 1. The highest BCUT2D eigenvalue weighted by Crippen LogP contribution is 2.32. The number of carboxylic acids is 1. The molecule has 1 N–H and O–H groups in total. The normalized spacial score (nSPS) is 10.3. The number of benzene rings is 2. The minimum absolute atomic E-state index is 0.0386. The van der Waals surface area contributed by atoms with Crippen LogP contribution in [0.4, 0.5) is 5.69 Å². The van der Waals surface area contributed by atoms with Crippen LogP contribution in [0.2, 0.25) is 0 Å². The number of hydrogen-bond donors (Lipinski definition) is 1. The summed E-state index contributed by atoms with van der Waals surface area (Å²) in [6.07, 6.45) is -0.0386. The fraction of sp³-hybridized carbons (Fsp3) is 0.0714. The minimum atomic E-state index is -0.883. The molecule has 0 saturated carbocycles. The van der Waals surface area contributed by atoms with Crippen LogP contribution in [0.1, 0.15) is 5.56 Å². The maximum atomic E-state index is 10.7. The molecule has 0 aliphatic rings. The smallest absolute Gasteiger partial charge is 0.307 e. The molecule has 0 heterocycles. The number of halogens is 1. The first-order valence-corrected chi connectivity index (χ1v) is 7.49. The zero-order valence-electron chi connectivity index (χ0n) is 10.7. The molecule has 0 unspecified atom stereocenters. The Morgan fingerprint density at radius 2 is 1.81 bits per heavy atom. The van der Waals surface area contributed by atoms with Gasteiger partial charge < -0.3 is 5.11 Å². The van der Waals surface area contributed by atoms with E-state index in [1.807, 2.05) is 12.1 Å². The molecule has 0 aromatic heterocycles. The van der Waals surface area contributed by atoms with Crippen molar-refractivity contribution in [1.29, 1.82) is 0 Å². The van der Waals surface area contributed by atoms with Gasteiger partial charge in [0.15, 0.2) is 0 Å². The molecule has 0 saturated heterocycles. The Bertz CT molecular complexity index is 688. The Hall–Kier alpha value is -1.86. The highest BCUT2D eigenvalue weighted by atomic mass is 79.9. The van der Waals surface area contributed by atoms with Gasteiger partial charge >= 0.3 is 5.97 Å². The average Bonchev–Trinajstić information content (AvgIpc) is 2.42. The third-order valence-corrected chi connectivity index (χ3v) is 4.39. The summed E-state index contributed by atoms with van der Waals surface area (Å²) in [6.45, 7) is 0. The summed E-state index contributed by atoms with van der Waals surface area (Å²) in [7, 11) is 0. The first-order chi connectivity index (χ1) is 9.95. The number of rotatable bonds is 5. The lowest BCUT2D eigenvalue weighted by Crippen LogP contribution is -2.00. The van der Waals surface area contributed by atoms with E-state index in [1.54, 1.807) is 18.2 Å². The van der Waals surface area contributed by atoms with Gasteiger partial charge in [-0.3, -0.25) is 14.9 Å². The van der Waals surface area contributed by atoms with Crippen LogP contribution in [0.5, 0.6) is 0 Å². The predicted molar refractivity (Wildman–Crippen MR) is 82.7 cm³/mol. The van der Waals surface area contributed by atoms with Crippen LogP contribution in [0.15, 0.2) is 56.7 Å². The van der Waals surface area contributed by atoms with Gasteiger partial charge in [-0.25, -0.2) is 0 Å². The number of aliphatic carboxylic acids is 1. The molecule has 0 spiro atoms. The van der Waals surface area contributed by atoms with Crippen LogP contribution >= 0.6 is 27.7 Å². The van der Waals surface area contributed by atoms with Crippen molar-refractivity contribution in [1.82, 2.24) is 0 Å². The van der Waals surface area contributed by atoms with Gasteiger partial charge in [0.2, 0.25) is 0 Å². The van der Waals surface area contributed by atoms with Gasteiger partial charge in [0.1, 0.15) is 0 Å².